The van der Waals surface area contributed by atoms with E-state index in [0.29, 0.717) is 0 Å². The Morgan fingerprint density at radius 3 is 2.25 bits per heavy atom. The number of hydrogen-bond donors (Lipinski definition) is 0. The Kier molecular flexibility index (Phi) is 5.03. The van der Waals surface area contributed by atoms with Crippen LogP contribution < -0.4 is 0 Å². The minimum Gasteiger partial charge on any atom is -0.289 e. The fourth-order valence-corrected chi connectivity index (χ4v) is 4.91. The molecule has 0 spiro atoms. The number of rotatable bonds is 6. The molecule has 0 aliphatic carbocycles. The molecule has 1 heterocycles. The molecule has 32 heavy (non-hydrogen) atoms. The maximum Gasteiger partial charge on any atom is 0.289 e. The largest absolute Gasteiger partial charge is 0.289 e. The lowest BCUT2D eigenvalue weighted by molar-refractivity contribution is -0.387. The van der Waals surface area contributed by atoms with Gasteiger partial charge in [0, 0.05) is 40.9 Å². The molecule has 0 aliphatic rings. The molecule has 0 atom stereocenters. The number of carbonyl (C=O) groups excluding carboxylic acids is 1. The monoisotopic (exact) mass is 451 g/mol. The van der Waals surface area contributed by atoms with E-state index in [1.54, 1.807) is 12.1 Å². The average Bonchev–Trinajstić information content (AvgIpc) is 3.19. The van der Waals surface area contributed by atoms with Gasteiger partial charge in [0.1, 0.15) is 0 Å². The first-order chi connectivity index (χ1) is 15.2. The summed E-state index contributed by atoms with van der Waals surface area (Å²) < 4.78 is 27.5. The summed E-state index contributed by atoms with van der Waals surface area (Å²) in [6, 6.07) is 16.2. The molecule has 0 radical (unpaired) electrons. The van der Waals surface area contributed by atoms with E-state index < -0.39 is 36.2 Å². The second kappa shape index (κ2) is 7.71. The number of nitro benzene ring substituents is 2. The molecule has 0 saturated carbocycles. The Morgan fingerprint density at radius 1 is 0.844 bits per heavy atom. The van der Waals surface area contributed by atoms with E-state index in [9.17, 15) is 33.4 Å². The third kappa shape index (κ3) is 3.40. The van der Waals surface area contributed by atoms with Gasteiger partial charge >= 0.3 is 0 Å². The molecule has 0 aliphatic heterocycles. The predicted octanol–water partition coefficient (Wildman–Crippen LogP) is 3.93. The maximum absolute atomic E-state index is 13.3. The van der Waals surface area contributed by atoms with Gasteiger partial charge in [-0.05, 0) is 12.1 Å². The highest BCUT2D eigenvalue weighted by Crippen LogP contribution is 2.31. The number of ketones is 1. The van der Waals surface area contributed by atoms with E-state index in [-0.39, 0.29) is 27.7 Å². The fraction of sp³-hybridized carbons (Fsp3) is 0. The summed E-state index contributed by atoms with van der Waals surface area (Å²) in [6.45, 7) is 0. The lowest BCUT2D eigenvalue weighted by atomic mass is 10.0. The molecule has 0 saturated heterocycles. The first kappa shape index (κ1) is 20.9. The summed E-state index contributed by atoms with van der Waals surface area (Å²) in [5.41, 5.74) is -0.753. The van der Waals surface area contributed by atoms with Crippen molar-refractivity contribution in [3.8, 4) is 0 Å². The van der Waals surface area contributed by atoms with Gasteiger partial charge in [-0.1, -0.05) is 42.5 Å². The third-order valence-corrected chi connectivity index (χ3v) is 6.56. The molecule has 0 unspecified atom stereocenters. The van der Waals surface area contributed by atoms with E-state index in [4.69, 9.17) is 0 Å². The van der Waals surface area contributed by atoms with Crippen LogP contribution in [0.5, 0.6) is 0 Å². The van der Waals surface area contributed by atoms with E-state index in [1.807, 2.05) is 0 Å². The molecule has 0 fully saturated rings. The molecule has 0 amide bonds. The second-order valence-electron chi connectivity index (χ2n) is 6.72. The average molecular weight is 451 g/mol. The number of nitrogens with zero attached hydrogens (tertiary/aromatic N) is 3. The summed E-state index contributed by atoms with van der Waals surface area (Å²) >= 11 is 0. The first-order valence-electron chi connectivity index (χ1n) is 9.10. The molecular weight excluding hydrogens is 438 g/mol. The quantitative estimate of drug-likeness (QED) is 0.245. The van der Waals surface area contributed by atoms with Crippen molar-refractivity contribution in [1.29, 1.82) is 0 Å². The van der Waals surface area contributed by atoms with E-state index >= 15 is 0 Å². The van der Waals surface area contributed by atoms with Crippen LogP contribution in [0.4, 0.5) is 11.4 Å². The number of aromatic nitrogens is 1. The summed E-state index contributed by atoms with van der Waals surface area (Å²) in [5, 5.41) is 22.7. The van der Waals surface area contributed by atoms with Crippen LogP contribution in [0.2, 0.25) is 0 Å². The number of benzene rings is 3. The molecule has 3 aromatic carbocycles. The molecule has 4 aromatic rings. The summed E-state index contributed by atoms with van der Waals surface area (Å²) in [6.07, 6.45) is 1.08. The van der Waals surface area contributed by atoms with E-state index in [0.717, 1.165) is 28.4 Å². The molecule has 160 valence electrons. The lowest BCUT2D eigenvalue weighted by Gasteiger charge is -2.07. The molecular formula is C21H13N3O7S. The maximum atomic E-state index is 13.3. The van der Waals surface area contributed by atoms with Crippen molar-refractivity contribution in [2.75, 3.05) is 0 Å². The van der Waals surface area contributed by atoms with Crippen molar-refractivity contribution >= 4 is 38.1 Å². The normalized spacial score (nSPS) is 11.4. The smallest absolute Gasteiger partial charge is 0.289 e. The van der Waals surface area contributed by atoms with Crippen LogP contribution in [0.3, 0.4) is 0 Å². The standard InChI is InChI=1S/C21H13N3O7S/c25-21(14-6-5-7-15(12-14)23(26)27)17-13-22(18-9-2-1-8-16(17)18)32(30,31)20-11-4-3-10-19(20)24(28)29/h1-13H. The van der Waals surface area contributed by atoms with Crippen molar-refractivity contribution in [1.82, 2.24) is 3.97 Å². The van der Waals surface area contributed by atoms with Crippen molar-refractivity contribution in [2.24, 2.45) is 0 Å². The Bertz CT molecular complexity index is 1520. The topological polar surface area (TPSA) is 142 Å². The number of non-ortho nitro benzene ring substituents is 1. The number of fused-ring (bicyclic) bond motifs is 1. The SMILES string of the molecule is O=C(c1cccc([N+](=O)[O-])c1)c1cn(S(=O)(=O)c2ccccc2[N+](=O)[O-])c2ccccc12. The van der Waals surface area contributed by atoms with Gasteiger partial charge in [-0.2, -0.15) is 0 Å². The minimum absolute atomic E-state index is 0.00481. The van der Waals surface area contributed by atoms with Gasteiger partial charge in [-0.15, -0.1) is 0 Å². The van der Waals surface area contributed by atoms with Crippen LogP contribution in [0.15, 0.2) is 83.9 Å². The molecule has 0 N–H and O–H groups in total. The fourth-order valence-electron chi connectivity index (χ4n) is 3.38. The highest BCUT2D eigenvalue weighted by Gasteiger charge is 2.30. The summed E-state index contributed by atoms with van der Waals surface area (Å²) in [7, 11) is -4.44. The molecule has 0 bridgehead atoms. The van der Waals surface area contributed by atoms with Crippen LogP contribution in [-0.4, -0.2) is 28.0 Å². The highest BCUT2D eigenvalue weighted by molar-refractivity contribution is 7.90. The van der Waals surface area contributed by atoms with Crippen LogP contribution >= 0.6 is 0 Å². The number of hydrogen-bond acceptors (Lipinski definition) is 7. The van der Waals surface area contributed by atoms with Crippen LogP contribution in [-0.2, 0) is 10.0 Å². The van der Waals surface area contributed by atoms with Crippen LogP contribution in [0.25, 0.3) is 10.9 Å². The first-order valence-corrected chi connectivity index (χ1v) is 10.5. The van der Waals surface area contributed by atoms with Gasteiger partial charge < -0.3 is 0 Å². The zero-order valence-electron chi connectivity index (χ0n) is 16.1. The Balaban J connectivity index is 1.94. The minimum atomic E-state index is -4.44. The van der Waals surface area contributed by atoms with Crippen LogP contribution in [0.1, 0.15) is 15.9 Å². The van der Waals surface area contributed by atoms with Crippen molar-refractivity contribution in [2.45, 2.75) is 4.90 Å². The number of carbonyl (C=O) groups is 1. The van der Waals surface area contributed by atoms with Gasteiger partial charge in [-0.25, -0.2) is 12.4 Å². The number of nitro groups is 2. The molecule has 10 nitrogen and oxygen atoms in total. The second-order valence-corrected chi connectivity index (χ2v) is 8.51. The van der Waals surface area contributed by atoms with Gasteiger partial charge in [0.25, 0.3) is 21.4 Å². The molecule has 11 heteroatoms. The van der Waals surface area contributed by atoms with Crippen molar-refractivity contribution in [3.05, 3.63) is 110 Å². The van der Waals surface area contributed by atoms with Gasteiger partial charge in [-0.3, -0.25) is 25.0 Å². The van der Waals surface area contributed by atoms with Gasteiger partial charge in [0.15, 0.2) is 10.7 Å². The predicted molar refractivity (Wildman–Crippen MR) is 114 cm³/mol. The Hall–Kier alpha value is -4.38. The van der Waals surface area contributed by atoms with Crippen molar-refractivity contribution in [3.63, 3.8) is 0 Å². The molecule has 1 aromatic heterocycles. The van der Waals surface area contributed by atoms with Crippen LogP contribution in [0, 0.1) is 20.2 Å². The third-order valence-electron chi connectivity index (χ3n) is 4.84. The highest BCUT2D eigenvalue weighted by atomic mass is 32.2. The summed E-state index contributed by atoms with van der Waals surface area (Å²) in [4.78, 5) is 33.6. The van der Waals surface area contributed by atoms with Gasteiger partial charge in [0.05, 0.1) is 15.4 Å². The zero-order valence-corrected chi connectivity index (χ0v) is 16.9. The number of para-hydroxylation sites is 2. The molecule has 4 rings (SSSR count). The lowest BCUT2D eigenvalue weighted by Crippen LogP contribution is -2.14. The van der Waals surface area contributed by atoms with Gasteiger partial charge in [0.2, 0.25) is 0 Å². The van der Waals surface area contributed by atoms with E-state index in [1.165, 1.54) is 42.5 Å². The Morgan fingerprint density at radius 2 is 1.53 bits per heavy atom. The van der Waals surface area contributed by atoms with Crippen molar-refractivity contribution < 1.29 is 23.1 Å². The Labute approximate surface area is 180 Å². The zero-order chi connectivity index (χ0) is 23.0. The summed E-state index contributed by atoms with van der Waals surface area (Å²) in [5.74, 6) is -0.624. The van der Waals surface area contributed by atoms with E-state index in [2.05, 4.69) is 0 Å².